The summed E-state index contributed by atoms with van der Waals surface area (Å²) < 4.78 is 12.2. The molecule has 0 N–H and O–H groups in total. The van der Waals surface area contributed by atoms with E-state index < -0.39 is 12.2 Å². The Morgan fingerprint density at radius 1 is 0.500 bits per heavy atom. The van der Waals surface area contributed by atoms with E-state index in [0.717, 1.165) is 44.1 Å². The number of carbonyl (C=O) groups is 2. The number of esters is 2. The van der Waals surface area contributed by atoms with Gasteiger partial charge in [0.25, 0.3) is 0 Å². The molecule has 2 atom stereocenters. The zero-order chi connectivity index (χ0) is 28.6. The summed E-state index contributed by atoms with van der Waals surface area (Å²) in [7, 11) is 21.1. The molecule has 0 bridgehead atoms. The van der Waals surface area contributed by atoms with Crippen molar-refractivity contribution < 1.29 is 19.1 Å². The first kappa shape index (κ1) is 29.8. The van der Waals surface area contributed by atoms with Crippen molar-refractivity contribution >= 4 is 145 Å². The Balaban J connectivity index is 2.42. The molecule has 2 unspecified atom stereocenters. The van der Waals surface area contributed by atoms with Crippen LogP contribution in [0.4, 0.5) is 0 Å². The Morgan fingerprint density at radius 3 is 0.974 bits per heavy atom. The van der Waals surface area contributed by atoms with Gasteiger partial charge in [0.1, 0.15) is 78.5 Å². The van der Waals surface area contributed by atoms with Crippen LogP contribution in [-0.4, -0.2) is 90.4 Å². The zero-order valence-electron chi connectivity index (χ0n) is 25.1. The van der Waals surface area contributed by atoms with Gasteiger partial charge in [-0.05, 0) is 11.1 Å². The lowest BCUT2D eigenvalue weighted by Crippen LogP contribution is -2.57. The van der Waals surface area contributed by atoms with Crippen molar-refractivity contribution in [2.75, 3.05) is 0 Å². The number of hydrogen-bond acceptors (Lipinski definition) is 4. The van der Waals surface area contributed by atoms with Gasteiger partial charge in [-0.1, -0.05) is 46.1 Å². The van der Waals surface area contributed by atoms with Gasteiger partial charge in [-0.25, -0.2) is 0 Å². The van der Waals surface area contributed by atoms with E-state index in [0.29, 0.717) is 0 Å². The lowest BCUT2D eigenvalue weighted by molar-refractivity contribution is -0.146. The Hall–Kier alpha value is -2.75. The molecule has 14 heteroatoms. The van der Waals surface area contributed by atoms with Gasteiger partial charge in [0, 0.05) is 25.0 Å². The summed E-state index contributed by atoms with van der Waals surface area (Å²) in [5.41, 5.74) is 15.2. The average molecular weight is 493 g/mol. The van der Waals surface area contributed by atoms with Crippen molar-refractivity contribution in [1.82, 2.24) is 0 Å². The molecule has 0 heterocycles. The topological polar surface area (TPSA) is 52.6 Å². The maximum absolute atomic E-state index is 12.5. The fourth-order valence-corrected chi connectivity index (χ4v) is 5.72. The highest BCUT2D eigenvalue weighted by Gasteiger charge is 2.31. The number of rotatable bonds is 6. The molecular formula is C24H32B10O4. The lowest BCUT2D eigenvalue weighted by atomic mass is 9.59. The van der Waals surface area contributed by atoms with Gasteiger partial charge in [-0.15, -0.1) is 32.8 Å². The number of ether oxygens (including phenoxy) is 2. The molecule has 0 aliphatic rings. The van der Waals surface area contributed by atoms with Crippen molar-refractivity contribution in [2.45, 2.75) is 26.1 Å². The standard InChI is InChI=1S/C24H32B10O4/c1-7(35)37-23(11-13(25)17(29)21(33)18(30)14(11)26)9-5-3-4-6-10(9)24(38-8(2)36)12-15(27)19(31)22(34)20(32)16(12)28/h3-6,23-24H,25-34H2,1-2H3. The van der Waals surface area contributed by atoms with E-state index in [1.165, 1.54) is 46.6 Å². The minimum atomic E-state index is -0.645. The number of benzene rings is 3. The normalized spacial score (nSPS) is 12.5. The van der Waals surface area contributed by atoms with Gasteiger partial charge in [-0.3, -0.25) is 9.59 Å². The summed E-state index contributed by atoms with van der Waals surface area (Å²) in [6, 6.07) is 7.87. The van der Waals surface area contributed by atoms with Crippen LogP contribution in [0.3, 0.4) is 0 Å². The Bertz CT molecular complexity index is 1290. The van der Waals surface area contributed by atoms with Crippen molar-refractivity contribution in [3.63, 3.8) is 0 Å². The van der Waals surface area contributed by atoms with Gasteiger partial charge in [-0.2, -0.15) is 0 Å². The minimum Gasteiger partial charge on any atom is -0.453 e. The molecule has 182 valence electrons. The first-order valence-corrected chi connectivity index (χ1v) is 13.3. The lowest BCUT2D eigenvalue weighted by Gasteiger charge is -2.31. The molecule has 0 radical (unpaired) electrons. The second kappa shape index (κ2) is 11.6. The average Bonchev–Trinajstić information content (AvgIpc) is 2.87. The predicted octanol–water partition coefficient (Wildman–Crippen LogP) is -12.4. The third-order valence-corrected chi connectivity index (χ3v) is 8.77. The van der Waals surface area contributed by atoms with Crippen LogP contribution in [0.2, 0.25) is 0 Å². The van der Waals surface area contributed by atoms with Crippen LogP contribution >= 0.6 is 0 Å². The maximum Gasteiger partial charge on any atom is 0.303 e. The third kappa shape index (κ3) is 5.37. The minimum absolute atomic E-state index is 0.363. The van der Waals surface area contributed by atoms with E-state index in [-0.39, 0.29) is 11.9 Å². The molecule has 0 saturated heterocycles. The van der Waals surface area contributed by atoms with Gasteiger partial charge in [0.2, 0.25) is 0 Å². The maximum atomic E-state index is 12.5. The quantitative estimate of drug-likeness (QED) is 0.253. The molecular weight excluding hydrogens is 460 g/mol. The van der Waals surface area contributed by atoms with Crippen molar-refractivity contribution in [3.05, 3.63) is 46.5 Å². The Morgan fingerprint density at radius 2 is 0.737 bits per heavy atom. The van der Waals surface area contributed by atoms with E-state index in [1.807, 2.05) is 24.3 Å². The third-order valence-electron chi connectivity index (χ3n) is 8.77. The molecule has 0 saturated carbocycles. The van der Waals surface area contributed by atoms with E-state index in [9.17, 15) is 9.59 Å². The van der Waals surface area contributed by atoms with Crippen molar-refractivity contribution in [3.8, 4) is 0 Å². The van der Waals surface area contributed by atoms with Crippen molar-refractivity contribution in [2.24, 2.45) is 0 Å². The highest BCUT2D eigenvalue weighted by molar-refractivity contribution is 6.68. The fraction of sp³-hybridized carbons (Fsp3) is 0.167. The monoisotopic (exact) mass is 494 g/mol. The molecule has 0 aliphatic heterocycles. The van der Waals surface area contributed by atoms with Gasteiger partial charge < -0.3 is 9.47 Å². The van der Waals surface area contributed by atoms with E-state index >= 15 is 0 Å². The van der Waals surface area contributed by atoms with Crippen LogP contribution in [0.25, 0.3) is 0 Å². The fourth-order valence-electron chi connectivity index (χ4n) is 5.72. The van der Waals surface area contributed by atoms with E-state index in [2.05, 4.69) is 78.5 Å². The predicted molar refractivity (Wildman–Crippen MR) is 188 cm³/mol. The molecule has 0 spiro atoms. The van der Waals surface area contributed by atoms with E-state index in [4.69, 9.17) is 9.47 Å². The van der Waals surface area contributed by atoms with Crippen LogP contribution in [0, 0.1) is 0 Å². The molecule has 0 amide bonds. The summed E-state index contributed by atoms with van der Waals surface area (Å²) in [4.78, 5) is 25.0. The van der Waals surface area contributed by atoms with Gasteiger partial charge in [0.05, 0.1) is 0 Å². The van der Waals surface area contributed by atoms with Crippen LogP contribution < -0.4 is 54.6 Å². The smallest absolute Gasteiger partial charge is 0.303 e. The van der Waals surface area contributed by atoms with Crippen LogP contribution in [0.1, 0.15) is 48.3 Å². The first-order chi connectivity index (χ1) is 17.7. The SMILES string of the molecule is Bc1c(B)c(B)c(C(OC(C)=O)c2ccccc2C(OC(C)=O)c2c(B)c(B)c(B)c(B)c2B)c(B)c1B. The summed E-state index contributed by atoms with van der Waals surface area (Å²) in [5, 5.41) is 0. The second-order valence-electron chi connectivity index (χ2n) is 10.7. The summed E-state index contributed by atoms with van der Waals surface area (Å²) in [6.07, 6.45) is -1.29. The first-order valence-electron chi connectivity index (χ1n) is 13.3. The van der Waals surface area contributed by atoms with E-state index in [1.54, 1.807) is 0 Å². The molecule has 3 aromatic rings. The molecule has 38 heavy (non-hydrogen) atoms. The molecule has 3 aromatic carbocycles. The molecule has 3 rings (SSSR count). The number of carbonyl (C=O) groups excluding carboxylic acids is 2. The Kier molecular flexibility index (Phi) is 9.06. The molecule has 0 aromatic heterocycles. The largest absolute Gasteiger partial charge is 0.453 e. The van der Waals surface area contributed by atoms with Crippen LogP contribution in [0.15, 0.2) is 24.3 Å². The highest BCUT2D eigenvalue weighted by Crippen LogP contribution is 2.34. The zero-order valence-corrected chi connectivity index (χ0v) is 25.1. The number of hydrogen-bond donors (Lipinski definition) is 0. The molecule has 0 aliphatic carbocycles. The summed E-state index contributed by atoms with van der Waals surface area (Å²) in [6.45, 7) is 2.89. The van der Waals surface area contributed by atoms with Crippen molar-refractivity contribution in [1.29, 1.82) is 0 Å². The highest BCUT2D eigenvalue weighted by atomic mass is 16.5. The van der Waals surface area contributed by atoms with Gasteiger partial charge >= 0.3 is 11.9 Å². The van der Waals surface area contributed by atoms with Crippen LogP contribution in [-0.2, 0) is 19.1 Å². The summed E-state index contributed by atoms with van der Waals surface area (Å²) in [5.74, 6) is -0.726. The summed E-state index contributed by atoms with van der Waals surface area (Å²) >= 11 is 0. The van der Waals surface area contributed by atoms with Crippen LogP contribution in [0.5, 0.6) is 0 Å². The Labute approximate surface area is 236 Å². The second-order valence-corrected chi connectivity index (χ2v) is 10.7. The molecule has 4 nitrogen and oxygen atoms in total. The molecule has 0 fully saturated rings. The van der Waals surface area contributed by atoms with Gasteiger partial charge in [0.15, 0.2) is 12.2 Å².